The monoisotopic (exact) mass is 317 g/mol. The lowest BCUT2D eigenvalue weighted by Crippen LogP contribution is -2.35. The molecule has 0 heterocycles. The zero-order valence-electron chi connectivity index (χ0n) is 8.88. The molecule has 0 spiro atoms. The van der Waals surface area contributed by atoms with Crippen molar-refractivity contribution in [3.63, 3.8) is 0 Å². The Hall–Kier alpha value is -1.70. The first kappa shape index (κ1) is 17.3. The highest BCUT2D eigenvalue weighted by Gasteiger charge is 2.24. The summed E-state index contributed by atoms with van der Waals surface area (Å²) in [7, 11) is 0. The molecule has 0 radical (unpaired) electrons. The van der Waals surface area contributed by atoms with E-state index in [1.165, 1.54) is 0 Å². The van der Waals surface area contributed by atoms with Gasteiger partial charge in [-0.05, 0) is 0 Å². The molecular weight excluding hydrogens is 310 g/mol. The molecule has 0 aromatic rings. The Kier molecular flexibility index (Phi) is 7.66. The van der Waals surface area contributed by atoms with Crippen LogP contribution in [0.2, 0.25) is 0 Å². The van der Waals surface area contributed by atoms with E-state index in [2.05, 4.69) is 12.5 Å². The molecule has 13 heteroatoms. The minimum absolute atomic E-state index is 0.314. The molecule has 11 nitrogen and oxygen atoms in total. The van der Waals surface area contributed by atoms with Crippen molar-refractivity contribution in [2.45, 2.75) is 12.5 Å². The van der Waals surface area contributed by atoms with Crippen molar-refractivity contribution in [2.24, 2.45) is 5.73 Å². The smallest absolute Gasteiger partial charge is 0.342 e. The Morgan fingerprint density at radius 3 is 2.26 bits per heavy atom. The van der Waals surface area contributed by atoms with Crippen LogP contribution >= 0.6 is 0 Å². The number of aldehydes is 1. The molecular formula is C6H7NO10S2. The predicted octanol–water partition coefficient (Wildman–Crippen LogP) is -2.75. The van der Waals surface area contributed by atoms with Crippen LogP contribution in [0.15, 0.2) is 0 Å². The molecule has 0 aliphatic heterocycles. The highest BCUT2D eigenvalue weighted by Crippen LogP contribution is 1.99. The Morgan fingerprint density at radius 1 is 1.21 bits per heavy atom. The molecule has 3 atom stereocenters. The van der Waals surface area contributed by atoms with Crippen LogP contribution in [-0.4, -0.2) is 43.2 Å². The molecule has 19 heavy (non-hydrogen) atoms. The molecule has 0 aromatic heterocycles. The SMILES string of the molecule is N[C@@H](CC(=O)OS(=O)OC(=O)C=O)C(=O)OS(=O)O. The Labute approximate surface area is 110 Å². The second-order valence-corrected chi connectivity index (χ2v) is 3.95. The van der Waals surface area contributed by atoms with E-state index < -0.39 is 53.1 Å². The maximum absolute atomic E-state index is 11.0. The lowest BCUT2D eigenvalue weighted by molar-refractivity contribution is -0.144. The second kappa shape index (κ2) is 8.41. The number of carbonyl (C=O) groups is 4. The molecule has 0 saturated heterocycles. The molecule has 0 saturated carbocycles. The quantitative estimate of drug-likeness (QED) is 0.282. The third-order valence-corrected chi connectivity index (χ3v) is 2.18. The van der Waals surface area contributed by atoms with Crippen LogP contribution < -0.4 is 5.73 Å². The second-order valence-electron chi connectivity index (χ2n) is 2.61. The fourth-order valence-corrected chi connectivity index (χ4v) is 1.30. The van der Waals surface area contributed by atoms with Crippen LogP contribution in [0.3, 0.4) is 0 Å². The predicted molar refractivity (Wildman–Crippen MR) is 55.8 cm³/mol. The molecule has 0 fully saturated rings. The summed E-state index contributed by atoms with van der Waals surface area (Å²) in [5.41, 5.74) is 5.09. The van der Waals surface area contributed by atoms with Crippen LogP contribution in [-0.2, 0) is 54.5 Å². The van der Waals surface area contributed by atoms with Crippen molar-refractivity contribution in [1.82, 2.24) is 0 Å². The Morgan fingerprint density at radius 2 is 1.79 bits per heavy atom. The molecule has 0 bridgehead atoms. The van der Waals surface area contributed by atoms with Gasteiger partial charge in [0.2, 0.25) is 6.29 Å². The van der Waals surface area contributed by atoms with E-state index >= 15 is 0 Å². The summed E-state index contributed by atoms with van der Waals surface area (Å²) in [6.07, 6.45) is -1.17. The summed E-state index contributed by atoms with van der Waals surface area (Å²) in [6.45, 7) is 0. The van der Waals surface area contributed by atoms with Gasteiger partial charge in [-0.25, -0.2) is 9.59 Å². The molecule has 0 aromatic carbocycles. The standard InChI is InChI=1S/C6H7NO10S2/c7-3(6(11)17-18(12)13)1-4(9)15-19(14)16-5(10)2-8/h2-3H,1,7H2,(H,12,13)/t3-,19?/m0/s1. The average Bonchev–Trinajstić information content (AvgIpc) is 2.27. The van der Waals surface area contributed by atoms with Crippen molar-refractivity contribution in [1.29, 1.82) is 0 Å². The lowest BCUT2D eigenvalue weighted by Gasteiger charge is -2.07. The Balaban J connectivity index is 4.20. The van der Waals surface area contributed by atoms with Gasteiger partial charge in [-0.3, -0.25) is 14.1 Å². The van der Waals surface area contributed by atoms with Gasteiger partial charge in [-0.1, -0.05) is 0 Å². The fraction of sp³-hybridized carbons (Fsp3) is 0.333. The number of hydrogen-bond donors (Lipinski definition) is 2. The van der Waals surface area contributed by atoms with Crippen molar-refractivity contribution < 1.29 is 44.7 Å². The van der Waals surface area contributed by atoms with Crippen molar-refractivity contribution in [3.8, 4) is 0 Å². The van der Waals surface area contributed by atoms with E-state index in [1.807, 2.05) is 0 Å². The van der Waals surface area contributed by atoms with Crippen LogP contribution in [0.1, 0.15) is 6.42 Å². The average molecular weight is 317 g/mol. The van der Waals surface area contributed by atoms with Gasteiger partial charge < -0.3 is 18.3 Å². The maximum Gasteiger partial charge on any atom is 0.423 e. The molecule has 0 aliphatic rings. The molecule has 108 valence electrons. The Bertz CT molecular complexity index is 434. The van der Waals surface area contributed by atoms with Crippen LogP contribution in [0.25, 0.3) is 0 Å². The topological polar surface area (TPSA) is 176 Å². The number of hydrogen-bond acceptors (Lipinski definition) is 10. The number of carbonyl (C=O) groups excluding carboxylic acids is 4. The molecule has 2 unspecified atom stereocenters. The minimum atomic E-state index is -2.90. The summed E-state index contributed by atoms with van der Waals surface area (Å²) in [5.74, 6) is -4.25. The van der Waals surface area contributed by atoms with Crippen molar-refractivity contribution in [2.75, 3.05) is 0 Å². The van der Waals surface area contributed by atoms with Gasteiger partial charge in [0.1, 0.15) is 6.04 Å². The van der Waals surface area contributed by atoms with E-state index in [4.69, 9.17) is 10.3 Å². The number of rotatable bonds is 7. The summed E-state index contributed by atoms with van der Waals surface area (Å²) in [5, 5.41) is 0. The van der Waals surface area contributed by atoms with Gasteiger partial charge in [0.05, 0.1) is 6.42 Å². The molecule has 0 amide bonds. The zero-order chi connectivity index (χ0) is 15.0. The minimum Gasteiger partial charge on any atom is -0.342 e. The molecule has 3 N–H and O–H groups in total. The van der Waals surface area contributed by atoms with E-state index in [9.17, 15) is 27.6 Å². The van der Waals surface area contributed by atoms with Crippen molar-refractivity contribution >= 4 is 46.9 Å². The van der Waals surface area contributed by atoms with Crippen LogP contribution in [0.4, 0.5) is 0 Å². The fourth-order valence-electron chi connectivity index (χ4n) is 0.609. The summed E-state index contributed by atoms with van der Waals surface area (Å²) >= 11 is -5.77. The van der Waals surface area contributed by atoms with Crippen molar-refractivity contribution in [3.05, 3.63) is 0 Å². The van der Waals surface area contributed by atoms with Gasteiger partial charge in [-0.15, -0.1) is 0 Å². The summed E-state index contributed by atoms with van der Waals surface area (Å²) in [6, 6.07) is -1.65. The first-order valence-electron chi connectivity index (χ1n) is 4.15. The first-order valence-corrected chi connectivity index (χ1v) is 6.18. The van der Waals surface area contributed by atoms with Gasteiger partial charge in [0.15, 0.2) is 0 Å². The highest BCUT2D eigenvalue weighted by molar-refractivity contribution is 7.76. The van der Waals surface area contributed by atoms with E-state index in [1.54, 1.807) is 0 Å². The molecule has 0 aliphatic carbocycles. The normalized spacial score (nSPS) is 14.6. The lowest BCUT2D eigenvalue weighted by atomic mass is 10.2. The van der Waals surface area contributed by atoms with E-state index in [0.717, 1.165) is 0 Å². The molecule has 0 rings (SSSR count). The van der Waals surface area contributed by atoms with Crippen LogP contribution in [0.5, 0.6) is 0 Å². The van der Waals surface area contributed by atoms with Gasteiger partial charge in [-0.2, -0.15) is 8.42 Å². The van der Waals surface area contributed by atoms with Gasteiger partial charge in [0, 0.05) is 0 Å². The van der Waals surface area contributed by atoms with E-state index in [-0.39, 0.29) is 6.29 Å². The van der Waals surface area contributed by atoms with E-state index in [0.29, 0.717) is 0 Å². The summed E-state index contributed by atoms with van der Waals surface area (Å²) in [4.78, 5) is 42.0. The van der Waals surface area contributed by atoms with Gasteiger partial charge >= 0.3 is 40.6 Å². The summed E-state index contributed by atoms with van der Waals surface area (Å²) < 4.78 is 40.5. The first-order chi connectivity index (χ1) is 8.76. The number of nitrogens with two attached hydrogens (primary N) is 1. The maximum atomic E-state index is 11.0. The zero-order valence-corrected chi connectivity index (χ0v) is 10.5. The third-order valence-electron chi connectivity index (χ3n) is 1.25. The van der Waals surface area contributed by atoms with Crippen LogP contribution in [0, 0.1) is 0 Å². The highest BCUT2D eigenvalue weighted by atomic mass is 32.2. The largest absolute Gasteiger partial charge is 0.423 e. The van der Waals surface area contributed by atoms with Gasteiger partial charge in [0.25, 0.3) is 0 Å². The third kappa shape index (κ3) is 8.09.